The fourth-order valence-electron chi connectivity index (χ4n) is 3.13. The summed E-state index contributed by atoms with van der Waals surface area (Å²) < 4.78 is 0. The lowest BCUT2D eigenvalue weighted by Gasteiger charge is -2.15. The number of aromatic nitrogens is 1. The Morgan fingerprint density at radius 1 is 1.29 bits per heavy atom. The standard InChI is InChI=1S/C15H20N2/c1-10-4-5-12-13(8-10)17-11(2)14(12)15(6-7-15)9-16-3/h4-5,8,16-17H,6-7,9H2,1-3H3. The van der Waals surface area contributed by atoms with E-state index in [1.165, 1.54) is 35.0 Å². The molecule has 3 rings (SSSR count). The van der Waals surface area contributed by atoms with Gasteiger partial charge in [-0.3, -0.25) is 0 Å². The van der Waals surface area contributed by atoms with E-state index in [9.17, 15) is 0 Å². The Morgan fingerprint density at radius 2 is 2.06 bits per heavy atom. The second-order valence-electron chi connectivity index (χ2n) is 5.48. The van der Waals surface area contributed by atoms with Crippen molar-refractivity contribution in [2.24, 2.45) is 0 Å². The molecule has 2 heteroatoms. The summed E-state index contributed by atoms with van der Waals surface area (Å²) in [5.74, 6) is 0. The molecule has 1 aromatic carbocycles. The first-order valence-electron chi connectivity index (χ1n) is 6.40. The summed E-state index contributed by atoms with van der Waals surface area (Å²) in [5, 5.41) is 4.77. The third-order valence-electron chi connectivity index (χ3n) is 4.04. The van der Waals surface area contributed by atoms with Gasteiger partial charge in [0.25, 0.3) is 0 Å². The zero-order valence-electron chi connectivity index (χ0n) is 10.9. The smallest absolute Gasteiger partial charge is 0.0461 e. The van der Waals surface area contributed by atoms with E-state index in [1.54, 1.807) is 5.56 Å². The highest BCUT2D eigenvalue weighted by Crippen LogP contribution is 2.51. The van der Waals surface area contributed by atoms with Crippen LogP contribution in [-0.2, 0) is 5.41 Å². The maximum absolute atomic E-state index is 3.54. The van der Waals surface area contributed by atoms with E-state index in [2.05, 4.69) is 42.3 Å². The molecule has 2 aromatic rings. The number of nitrogens with one attached hydrogen (secondary N) is 2. The Hall–Kier alpha value is -1.28. The van der Waals surface area contributed by atoms with E-state index in [0.29, 0.717) is 5.41 Å². The normalized spacial score (nSPS) is 17.6. The highest BCUT2D eigenvalue weighted by atomic mass is 14.9. The number of aryl methyl sites for hydroxylation is 2. The number of rotatable bonds is 3. The first-order valence-corrected chi connectivity index (χ1v) is 6.40. The van der Waals surface area contributed by atoms with Gasteiger partial charge in [0.15, 0.2) is 0 Å². The van der Waals surface area contributed by atoms with E-state index in [4.69, 9.17) is 0 Å². The average Bonchev–Trinajstić information content (AvgIpc) is 2.95. The number of aromatic amines is 1. The summed E-state index contributed by atoms with van der Waals surface area (Å²) in [6.45, 7) is 5.45. The van der Waals surface area contributed by atoms with Crippen LogP contribution in [0.3, 0.4) is 0 Å². The highest BCUT2D eigenvalue weighted by Gasteiger charge is 2.46. The lowest BCUT2D eigenvalue weighted by molar-refractivity contribution is 0.625. The van der Waals surface area contributed by atoms with Crippen molar-refractivity contribution in [2.45, 2.75) is 32.1 Å². The van der Waals surface area contributed by atoms with Gasteiger partial charge in [0.05, 0.1) is 0 Å². The second-order valence-corrected chi connectivity index (χ2v) is 5.48. The molecule has 0 unspecified atom stereocenters. The molecular weight excluding hydrogens is 208 g/mol. The number of benzene rings is 1. The third-order valence-corrected chi connectivity index (χ3v) is 4.04. The van der Waals surface area contributed by atoms with Gasteiger partial charge >= 0.3 is 0 Å². The van der Waals surface area contributed by atoms with E-state index in [0.717, 1.165) is 6.54 Å². The number of hydrogen-bond donors (Lipinski definition) is 2. The molecule has 0 atom stereocenters. The van der Waals surface area contributed by atoms with Crippen LogP contribution in [0.1, 0.15) is 29.7 Å². The van der Waals surface area contributed by atoms with Crippen molar-refractivity contribution >= 4 is 10.9 Å². The van der Waals surface area contributed by atoms with Crippen LogP contribution in [0.2, 0.25) is 0 Å². The average molecular weight is 228 g/mol. The van der Waals surface area contributed by atoms with Crippen molar-refractivity contribution in [3.05, 3.63) is 35.0 Å². The summed E-state index contributed by atoms with van der Waals surface area (Å²) >= 11 is 0. The van der Waals surface area contributed by atoms with Crippen molar-refractivity contribution in [2.75, 3.05) is 13.6 Å². The maximum Gasteiger partial charge on any atom is 0.0461 e. The van der Waals surface area contributed by atoms with E-state index in [1.807, 2.05) is 7.05 Å². The van der Waals surface area contributed by atoms with Gasteiger partial charge in [-0.25, -0.2) is 0 Å². The number of hydrogen-bond acceptors (Lipinski definition) is 1. The zero-order valence-corrected chi connectivity index (χ0v) is 10.9. The fourth-order valence-corrected chi connectivity index (χ4v) is 3.13. The van der Waals surface area contributed by atoms with Crippen LogP contribution < -0.4 is 5.32 Å². The van der Waals surface area contributed by atoms with Crippen molar-refractivity contribution in [3.63, 3.8) is 0 Å². The quantitative estimate of drug-likeness (QED) is 0.830. The lowest BCUT2D eigenvalue weighted by Crippen LogP contribution is -2.24. The van der Waals surface area contributed by atoms with Crippen LogP contribution in [0.15, 0.2) is 18.2 Å². The molecule has 1 aliphatic rings. The molecule has 0 amide bonds. The summed E-state index contributed by atoms with van der Waals surface area (Å²) in [6, 6.07) is 6.75. The van der Waals surface area contributed by atoms with Gasteiger partial charge in [-0.2, -0.15) is 0 Å². The second kappa shape index (κ2) is 3.61. The summed E-state index contributed by atoms with van der Waals surface area (Å²) in [5.41, 5.74) is 5.90. The fraction of sp³-hybridized carbons (Fsp3) is 0.467. The van der Waals surface area contributed by atoms with Crippen LogP contribution >= 0.6 is 0 Å². The van der Waals surface area contributed by atoms with E-state index >= 15 is 0 Å². The predicted molar refractivity (Wildman–Crippen MR) is 72.6 cm³/mol. The molecule has 1 saturated carbocycles. The Balaban J connectivity index is 2.19. The van der Waals surface area contributed by atoms with E-state index in [-0.39, 0.29) is 0 Å². The Bertz CT molecular complexity index is 562. The van der Waals surface area contributed by atoms with Crippen LogP contribution in [0.25, 0.3) is 10.9 Å². The minimum absolute atomic E-state index is 0.395. The van der Waals surface area contributed by atoms with Crippen molar-refractivity contribution < 1.29 is 0 Å². The SMILES string of the molecule is CNCC1(c2c(C)[nH]c3cc(C)ccc23)CC1. The molecular formula is C15H20N2. The Labute approximate surface area is 102 Å². The Kier molecular flexibility index (Phi) is 2.30. The van der Waals surface area contributed by atoms with Crippen molar-refractivity contribution in [1.29, 1.82) is 0 Å². The van der Waals surface area contributed by atoms with Gasteiger partial charge in [0.2, 0.25) is 0 Å². The molecule has 0 radical (unpaired) electrons. The van der Waals surface area contributed by atoms with Gasteiger partial charge in [-0.1, -0.05) is 12.1 Å². The molecule has 0 aliphatic heterocycles. The van der Waals surface area contributed by atoms with Gasteiger partial charge in [0, 0.05) is 28.6 Å². The minimum Gasteiger partial charge on any atom is -0.358 e. The van der Waals surface area contributed by atoms with Crippen LogP contribution in [0, 0.1) is 13.8 Å². The number of likely N-dealkylation sites (N-methyl/N-ethyl adjacent to an activating group) is 1. The summed E-state index contributed by atoms with van der Waals surface area (Å²) in [7, 11) is 2.05. The highest BCUT2D eigenvalue weighted by molar-refractivity contribution is 5.87. The first-order chi connectivity index (χ1) is 8.16. The predicted octanol–water partition coefficient (Wildman–Crippen LogP) is 3.04. The molecule has 1 heterocycles. The first kappa shape index (κ1) is 10.8. The molecule has 17 heavy (non-hydrogen) atoms. The van der Waals surface area contributed by atoms with Crippen LogP contribution in [0.5, 0.6) is 0 Å². The number of H-pyrrole nitrogens is 1. The molecule has 0 saturated heterocycles. The van der Waals surface area contributed by atoms with Crippen molar-refractivity contribution in [1.82, 2.24) is 10.3 Å². The van der Waals surface area contributed by atoms with Gasteiger partial charge in [-0.05, 0) is 50.9 Å². The van der Waals surface area contributed by atoms with Gasteiger partial charge in [-0.15, -0.1) is 0 Å². The maximum atomic E-state index is 3.54. The number of fused-ring (bicyclic) bond motifs is 1. The molecule has 1 aliphatic carbocycles. The summed E-state index contributed by atoms with van der Waals surface area (Å²) in [6.07, 6.45) is 2.63. The third kappa shape index (κ3) is 1.59. The van der Waals surface area contributed by atoms with Gasteiger partial charge in [0.1, 0.15) is 0 Å². The molecule has 1 fully saturated rings. The zero-order chi connectivity index (χ0) is 12.0. The summed E-state index contributed by atoms with van der Waals surface area (Å²) in [4.78, 5) is 3.54. The molecule has 1 aromatic heterocycles. The molecule has 2 nitrogen and oxygen atoms in total. The largest absolute Gasteiger partial charge is 0.358 e. The molecule has 90 valence electrons. The van der Waals surface area contributed by atoms with E-state index < -0.39 is 0 Å². The molecule has 0 bridgehead atoms. The molecule has 2 N–H and O–H groups in total. The Morgan fingerprint density at radius 3 is 2.71 bits per heavy atom. The topological polar surface area (TPSA) is 27.8 Å². The lowest BCUT2D eigenvalue weighted by atomic mass is 9.92. The molecule has 0 spiro atoms. The van der Waals surface area contributed by atoms with Crippen LogP contribution in [-0.4, -0.2) is 18.6 Å². The minimum atomic E-state index is 0.395. The van der Waals surface area contributed by atoms with Crippen molar-refractivity contribution in [3.8, 4) is 0 Å². The monoisotopic (exact) mass is 228 g/mol. The van der Waals surface area contributed by atoms with Gasteiger partial charge < -0.3 is 10.3 Å². The van der Waals surface area contributed by atoms with Crippen LogP contribution in [0.4, 0.5) is 0 Å².